The molecule has 1 fully saturated rings. The summed E-state index contributed by atoms with van der Waals surface area (Å²) in [5, 5.41) is 6.79. The first kappa shape index (κ1) is 22.2. The Kier molecular flexibility index (Phi) is 6.43. The van der Waals surface area contributed by atoms with Crippen molar-refractivity contribution in [3.8, 4) is 0 Å². The van der Waals surface area contributed by atoms with E-state index in [1.165, 1.54) is 4.31 Å². The molecule has 0 saturated carbocycles. The van der Waals surface area contributed by atoms with E-state index in [4.69, 9.17) is 0 Å². The van der Waals surface area contributed by atoms with E-state index in [9.17, 15) is 13.2 Å². The molecule has 0 aliphatic carbocycles. The minimum Gasteiger partial charge on any atom is -0.341 e. The highest BCUT2D eigenvalue weighted by molar-refractivity contribution is 7.89. The first-order valence-corrected chi connectivity index (χ1v) is 12.2. The van der Waals surface area contributed by atoms with Gasteiger partial charge in [0.2, 0.25) is 15.9 Å². The lowest BCUT2D eigenvalue weighted by molar-refractivity contribution is -0.131. The Morgan fingerprint density at radius 3 is 2.03 bits per heavy atom. The molecule has 0 radical (unpaired) electrons. The molecule has 32 heavy (non-hydrogen) atoms. The molecule has 1 aromatic heterocycles. The number of hydrogen-bond acceptors (Lipinski definition) is 4. The summed E-state index contributed by atoms with van der Waals surface area (Å²) in [7, 11) is -3.68. The SMILES string of the molecule is Cc1n[nH]c(C)c1S(=O)(=O)N1CCCN(C(=O)C(c2ccccc2)c2ccccc2)CC1. The fourth-order valence-electron chi connectivity index (χ4n) is 4.36. The van der Waals surface area contributed by atoms with Crippen LogP contribution in [0.5, 0.6) is 0 Å². The van der Waals surface area contributed by atoms with Crippen molar-refractivity contribution in [1.82, 2.24) is 19.4 Å². The van der Waals surface area contributed by atoms with Gasteiger partial charge >= 0.3 is 0 Å². The number of benzene rings is 2. The topological polar surface area (TPSA) is 86.4 Å². The molecule has 3 aromatic rings. The van der Waals surface area contributed by atoms with Gasteiger partial charge in [-0.3, -0.25) is 9.89 Å². The number of aryl methyl sites for hydroxylation is 2. The van der Waals surface area contributed by atoms with Crippen LogP contribution in [0.2, 0.25) is 0 Å². The summed E-state index contributed by atoms with van der Waals surface area (Å²) in [6, 6.07) is 19.5. The van der Waals surface area contributed by atoms with Gasteiger partial charge in [0.25, 0.3) is 0 Å². The molecule has 2 aromatic carbocycles. The van der Waals surface area contributed by atoms with E-state index in [2.05, 4.69) is 10.2 Å². The number of sulfonamides is 1. The van der Waals surface area contributed by atoms with Gasteiger partial charge in [0.05, 0.1) is 17.3 Å². The van der Waals surface area contributed by atoms with Gasteiger partial charge < -0.3 is 4.90 Å². The monoisotopic (exact) mass is 452 g/mol. The zero-order valence-corrected chi connectivity index (χ0v) is 19.2. The molecule has 1 aliphatic rings. The van der Waals surface area contributed by atoms with Crippen molar-refractivity contribution in [3.63, 3.8) is 0 Å². The maximum atomic E-state index is 13.7. The summed E-state index contributed by atoms with van der Waals surface area (Å²) in [4.78, 5) is 15.7. The van der Waals surface area contributed by atoms with Crippen molar-refractivity contribution in [1.29, 1.82) is 0 Å². The number of hydrogen-bond donors (Lipinski definition) is 1. The molecule has 168 valence electrons. The highest BCUT2D eigenvalue weighted by atomic mass is 32.2. The van der Waals surface area contributed by atoms with E-state index in [1.54, 1.807) is 18.7 Å². The number of rotatable bonds is 5. The average molecular weight is 453 g/mol. The van der Waals surface area contributed by atoms with Gasteiger partial charge in [-0.2, -0.15) is 9.40 Å². The molecular weight excluding hydrogens is 424 g/mol. The first-order chi connectivity index (χ1) is 15.4. The van der Waals surface area contributed by atoms with Crippen LogP contribution in [0, 0.1) is 13.8 Å². The Bertz CT molecular complexity index is 1120. The zero-order chi connectivity index (χ0) is 22.7. The number of aromatic nitrogens is 2. The molecule has 2 heterocycles. The van der Waals surface area contributed by atoms with Crippen LogP contribution in [-0.2, 0) is 14.8 Å². The van der Waals surface area contributed by atoms with E-state index in [0.29, 0.717) is 37.4 Å². The summed E-state index contributed by atoms with van der Waals surface area (Å²) < 4.78 is 28.0. The van der Waals surface area contributed by atoms with Crippen molar-refractivity contribution < 1.29 is 13.2 Å². The molecule has 8 heteroatoms. The van der Waals surface area contributed by atoms with E-state index >= 15 is 0 Å². The summed E-state index contributed by atoms with van der Waals surface area (Å²) in [6.07, 6.45) is 0.581. The third-order valence-electron chi connectivity index (χ3n) is 5.94. The minimum atomic E-state index is -3.68. The van der Waals surface area contributed by atoms with Crippen molar-refractivity contribution in [2.24, 2.45) is 0 Å². The predicted octanol–water partition coefficient (Wildman–Crippen LogP) is 3.08. The van der Waals surface area contributed by atoms with Crippen LogP contribution in [0.15, 0.2) is 65.6 Å². The summed E-state index contributed by atoms with van der Waals surface area (Å²) in [5.74, 6) is -0.420. The lowest BCUT2D eigenvalue weighted by atomic mass is 9.90. The van der Waals surface area contributed by atoms with Crippen LogP contribution in [-0.4, -0.2) is 59.9 Å². The Balaban J connectivity index is 1.57. The van der Waals surface area contributed by atoms with Gasteiger partial charge in [0.1, 0.15) is 4.90 Å². The number of nitrogens with zero attached hydrogens (tertiary/aromatic N) is 3. The van der Waals surface area contributed by atoms with Gasteiger partial charge in [-0.25, -0.2) is 8.42 Å². The maximum absolute atomic E-state index is 13.7. The zero-order valence-electron chi connectivity index (χ0n) is 18.4. The van der Waals surface area contributed by atoms with Crippen LogP contribution < -0.4 is 0 Å². The molecule has 1 aliphatic heterocycles. The molecule has 0 atom stereocenters. The summed E-state index contributed by atoms with van der Waals surface area (Å²) in [6.45, 7) is 4.90. The average Bonchev–Trinajstić information content (AvgIpc) is 2.99. The fraction of sp³-hybridized carbons (Fsp3) is 0.333. The number of nitrogens with one attached hydrogen (secondary N) is 1. The number of H-pyrrole nitrogens is 1. The lowest BCUT2D eigenvalue weighted by Crippen LogP contribution is -2.39. The number of amides is 1. The molecular formula is C24H28N4O3S. The van der Waals surface area contributed by atoms with E-state index in [1.807, 2.05) is 60.7 Å². The van der Waals surface area contributed by atoms with E-state index in [-0.39, 0.29) is 17.3 Å². The first-order valence-electron chi connectivity index (χ1n) is 10.8. The fourth-order valence-corrected chi connectivity index (χ4v) is 6.16. The Morgan fingerprint density at radius 1 is 0.906 bits per heavy atom. The Morgan fingerprint density at radius 2 is 1.50 bits per heavy atom. The third kappa shape index (κ3) is 4.33. The quantitative estimate of drug-likeness (QED) is 0.645. The highest BCUT2D eigenvalue weighted by Crippen LogP contribution is 2.28. The van der Waals surface area contributed by atoms with Gasteiger partial charge in [-0.1, -0.05) is 60.7 Å². The smallest absolute Gasteiger partial charge is 0.246 e. The van der Waals surface area contributed by atoms with E-state index in [0.717, 1.165) is 11.1 Å². The van der Waals surface area contributed by atoms with Crippen molar-refractivity contribution in [2.45, 2.75) is 31.1 Å². The minimum absolute atomic E-state index is 0.00248. The van der Waals surface area contributed by atoms with Crippen molar-refractivity contribution >= 4 is 15.9 Å². The van der Waals surface area contributed by atoms with Crippen LogP contribution in [0.3, 0.4) is 0 Å². The van der Waals surface area contributed by atoms with Crippen LogP contribution >= 0.6 is 0 Å². The lowest BCUT2D eigenvalue weighted by Gasteiger charge is -2.27. The molecule has 4 rings (SSSR count). The standard InChI is InChI=1S/C24H28N4O3S/c1-18-23(19(2)26-25-18)32(30,31)28-15-9-14-27(16-17-28)24(29)22(20-10-5-3-6-11-20)21-12-7-4-8-13-21/h3-8,10-13,22H,9,14-17H2,1-2H3,(H,25,26). The predicted molar refractivity (Wildman–Crippen MR) is 123 cm³/mol. The van der Waals surface area contributed by atoms with Gasteiger partial charge in [0, 0.05) is 26.2 Å². The van der Waals surface area contributed by atoms with E-state index < -0.39 is 15.9 Å². The van der Waals surface area contributed by atoms with Crippen molar-refractivity contribution in [2.75, 3.05) is 26.2 Å². The van der Waals surface area contributed by atoms with Crippen molar-refractivity contribution in [3.05, 3.63) is 83.2 Å². The van der Waals surface area contributed by atoms with Gasteiger partial charge in [-0.15, -0.1) is 0 Å². The Labute approximate surface area is 189 Å². The Hall–Kier alpha value is -2.97. The molecule has 0 spiro atoms. The molecule has 7 nitrogen and oxygen atoms in total. The summed E-state index contributed by atoms with van der Waals surface area (Å²) >= 11 is 0. The number of carbonyl (C=O) groups is 1. The second kappa shape index (κ2) is 9.26. The number of carbonyl (C=O) groups excluding carboxylic acids is 1. The van der Waals surface area contributed by atoms with Crippen LogP contribution in [0.4, 0.5) is 0 Å². The normalized spacial score (nSPS) is 15.7. The molecule has 0 unspecified atom stereocenters. The molecule has 1 saturated heterocycles. The summed E-state index contributed by atoms with van der Waals surface area (Å²) in [5.41, 5.74) is 2.87. The van der Waals surface area contributed by atoms with Gasteiger partial charge in [-0.05, 0) is 31.4 Å². The molecule has 1 amide bonds. The second-order valence-electron chi connectivity index (χ2n) is 8.10. The van der Waals surface area contributed by atoms with Crippen LogP contribution in [0.1, 0.15) is 34.9 Å². The third-order valence-corrected chi connectivity index (χ3v) is 8.10. The van der Waals surface area contributed by atoms with Gasteiger partial charge in [0.15, 0.2) is 0 Å². The second-order valence-corrected chi connectivity index (χ2v) is 9.98. The molecule has 1 N–H and O–H groups in total. The highest BCUT2D eigenvalue weighted by Gasteiger charge is 2.34. The molecule has 0 bridgehead atoms. The van der Waals surface area contributed by atoms with Crippen LogP contribution in [0.25, 0.3) is 0 Å². The number of aromatic amines is 1. The largest absolute Gasteiger partial charge is 0.341 e. The maximum Gasteiger partial charge on any atom is 0.246 e.